The van der Waals surface area contributed by atoms with E-state index in [1.807, 2.05) is 85.5 Å². The number of amides is 4. The summed E-state index contributed by atoms with van der Waals surface area (Å²) in [7, 11) is 0. The molecule has 8 saturated heterocycles. The van der Waals surface area contributed by atoms with Gasteiger partial charge >= 0.3 is 12.4 Å². The van der Waals surface area contributed by atoms with Gasteiger partial charge in [-0.1, -0.05) is 87.5 Å². The Balaban J connectivity index is 0.000000129. The highest BCUT2D eigenvalue weighted by Gasteiger charge is 2.43. The summed E-state index contributed by atoms with van der Waals surface area (Å²) >= 11 is 23.6. The molecule has 744 valence electrons. The van der Waals surface area contributed by atoms with Crippen molar-refractivity contribution in [3.05, 3.63) is 223 Å². The fourth-order valence-corrected chi connectivity index (χ4v) is 21.0. The first-order valence-electron chi connectivity index (χ1n) is 47.5. The lowest BCUT2D eigenvalue weighted by Crippen LogP contribution is -2.63. The smallest absolute Gasteiger partial charge is 0.394 e. The normalized spacial score (nSPS) is 21.3. The Hall–Kier alpha value is -11.1. The van der Waals surface area contributed by atoms with Gasteiger partial charge in [0.2, 0.25) is 23.6 Å². The molecule has 0 saturated carbocycles. The summed E-state index contributed by atoms with van der Waals surface area (Å²) in [6.45, 7) is 18.0. The number of hydrogen-bond acceptors (Lipinski definition) is 21. The second-order valence-corrected chi connectivity index (χ2v) is 38.7. The maximum Gasteiger partial charge on any atom is 0.416 e. The average molecular weight is 2020 g/mol. The molecule has 0 bridgehead atoms. The fourth-order valence-electron chi connectivity index (χ4n) is 20.3. The molecule has 29 nitrogen and oxygen atoms in total. The predicted molar refractivity (Wildman–Crippen MR) is 523 cm³/mol. The zero-order valence-electron chi connectivity index (χ0n) is 77.7. The van der Waals surface area contributed by atoms with E-state index in [-0.39, 0.29) is 131 Å². The molecule has 7 N–H and O–H groups in total. The first-order valence-corrected chi connectivity index (χ1v) is 49.0. The SMILES string of the molecule is CC(c1ccc(Cl)cc1C(F)(F)F)n1cnc2ccc(N3CCN(C(=O)C4CCCCN4)[C@H](CO)C3)cc21.CC(c1ccc(Cl)cc1C(F)(F)F)n1cnc2ccc(N3CCN(C(=O)C4CCCN4)[C@H](CO)C3)cc21.C[C@H](c1ccc(Cl)cc1F)n1nnc2ccc(N3CCN(C(=O)C4CCCN4)CC3)cc21.C[C@H](c1ccc(Cl)cc1F)n1nnc2ccc(N3CCN(C(=O)C4CCN4)C(CO)C3)cc21. The predicted octanol–water partition coefficient (Wildman–Crippen LogP) is 14.0. The van der Waals surface area contributed by atoms with Gasteiger partial charge < -0.3 is 84.9 Å². The van der Waals surface area contributed by atoms with Crippen molar-refractivity contribution in [2.75, 3.05) is 151 Å². The first-order chi connectivity index (χ1) is 67.3. The number of nitrogens with one attached hydrogen (secondary N) is 4. The number of piperazine rings is 4. The van der Waals surface area contributed by atoms with Gasteiger partial charge in [-0.2, -0.15) is 26.3 Å². The number of imidazole rings is 2. The van der Waals surface area contributed by atoms with Crippen LogP contribution in [0.25, 0.3) is 44.1 Å². The van der Waals surface area contributed by atoms with Crippen molar-refractivity contribution in [1.29, 1.82) is 0 Å². The molecule has 41 heteroatoms. The quantitative estimate of drug-likeness (QED) is 0.0370. The molecule has 8 aliphatic heterocycles. The Morgan fingerprint density at radius 1 is 0.371 bits per heavy atom. The van der Waals surface area contributed by atoms with Gasteiger partial charge in [0, 0.05) is 139 Å². The van der Waals surface area contributed by atoms with E-state index in [1.165, 1.54) is 36.4 Å². The number of aromatic nitrogens is 10. The molecule has 11 atom stereocenters. The Labute approximate surface area is 823 Å². The second-order valence-electron chi connectivity index (χ2n) is 36.9. The van der Waals surface area contributed by atoms with Crippen molar-refractivity contribution < 1.29 is 69.6 Å². The van der Waals surface area contributed by atoms with Gasteiger partial charge in [0.15, 0.2) is 0 Å². The highest BCUT2D eigenvalue weighted by molar-refractivity contribution is 6.31. The van der Waals surface area contributed by atoms with E-state index >= 15 is 0 Å². The minimum absolute atomic E-state index is 0.0203. The summed E-state index contributed by atoms with van der Waals surface area (Å²) in [4.78, 5) is 76.2. The number of halogens is 12. The first kappa shape index (κ1) is 100. The number of carbonyl (C=O) groups excluding carboxylic acids is 4. The molecule has 8 aliphatic rings. The lowest BCUT2D eigenvalue weighted by molar-refractivity contribution is -0.139. The fraction of sp³-hybridized carbons (Fsp3) is 0.455. The van der Waals surface area contributed by atoms with Crippen molar-refractivity contribution in [2.24, 2.45) is 0 Å². The number of hydrogen-bond donors (Lipinski definition) is 7. The Morgan fingerprint density at radius 3 is 1.05 bits per heavy atom. The van der Waals surface area contributed by atoms with E-state index in [1.54, 1.807) is 84.0 Å². The molecular weight excluding hydrogens is 1900 g/mol. The van der Waals surface area contributed by atoms with Gasteiger partial charge in [0.1, 0.15) is 22.7 Å². The van der Waals surface area contributed by atoms with E-state index in [0.29, 0.717) is 121 Å². The number of piperidine rings is 1. The lowest BCUT2D eigenvalue weighted by Gasteiger charge is -2.44. The number of nitrogens with zero attached hydrogens (tertiary/aromatic N) is 18. The summed E-state index contributed by atoms with van der Waals surface area (Å²) in [5.41, 5.74) is 9.21. The van der Waals surface area contributed by atoms with Crippen LogP contribution in [0.15, 0.2) is 158 Å². The third-order valence-electron chi connectivity index (χ3n) is 28.4. The molecule has 12 aromatic rings. The molecule has 8 fully saturated rings. The number of carbonyl (C=O) groups is 4. The summed E-state index contributed by atoms with van der Waals surface area (Å²) in [6, 6.07) is 36.7. The number of anilines is 4. The highest BCUT2D eigenvalue weighted by atomic mass is 35.5. The van der Waals surface area contributed by atoms with Crippen molar-refractivity contribution in [1.82, 2.24) is 90.0 Å². The topological polar surface area (TPSA) is 300 Å². The van der Waals surface area contributed by atoms with Crippen LogP contribution < -0.4 is 40.9 Å². The van der Waals surface area contributed by atoms with Crippen molar-refractivity contribution >= 4 is 137 Å². The van der Waals surface area contributed by atoms with E-state index in [4.69, 9.17) is 46.4 Å². The average Bonchev–Trinajstić information content (AvgIpc) is 1.58. The van der Waals surface area contributed by atoms with Gasteiger partial charge in [-0.3, -0.25) is 19.2 Å². The van der Waals surface area contributed by atoms with Gasteiger partial charge in [-0.15, -0.1) is 10.2 Å². The van der Waals surface area contributed by atoms with Crippen LogP contribution in [-0.2, 0) is 31.5 Å². The molecule has 8 aromatic carbocycles. The number of fused-ring (bicyclic) bond motifs is 4. The largest absolute Gasteiger partial charge is 0.416 e. The van der Waals surface area contributed by atoms with Crippen molar-refractivity contribution in [3.63, 3.8) is 0 Å². The van der Waals surface area contributed by atoms with Crippen LogP contribution in [-0.4, -0.2) is 281 Å². The number of alkyl halides is 6. The highest BCUT2D eigenvalue weighted by Crippen LogP contribution is 2.43. The third-order valence-corrected chi connectivity index (χ3v) is 29.3. The molecule has 0 aliphatic carbocycles. The monoisotopic (exact) mass is 2010 g/mol. The Bertz CT molecular complexity index is 6440. The molecule has 7 unspecified atom stereocenters. The number of aliphatic hydroxyl groups excluding tert-OH is 3. The van der Waals surface area contributed by atoms with Crippen LogP contribution in [0.3, 0.4) is 0 Å². The molecule has 140 heavy (non-hydrogen) atoms. The maximum atomic E-state index is 14.5. The lowest BCUT2D eigenvalue weighted by atomic mass is 10.0. The number of benzene rings is 8. The number of aliphatic hydroxyl groups is 3. The van der Waals surface area contributed by atoms with Crippen LogP contribution >= 0.6 is 46.4 Å². The van der Waals surface area contributed by atoms with Crippen molar-refractivity contribution in [2.45, 2.75) is 158 Å². The van der Waals surface area contributed by atoms with Crippen LogP contribution in [0.1, 0.15) is 137 Å². The van der Waals surface area contributed by atoms with Crippen LogP contribution in [0, 0.1) is 11.6 Å². The van der Waals surface area contributed by atoms with E-state index in [0.717, 1.165) is 142 Å². The Morgan fingerprint density at radius 2 is 0.700 bits per heavy atom. The molecular formula is C99H112Cl4F8N22O7. The molecule has 12 heterocycles. The second kappa shape index (κ2) is 43.4. The minimum Gasteiger partial charge on any atom is -0.394 e. The summed E-state index contributed by atoms with van der Waals surface area (Å²) in [5.74, 6) is -0.393. The van der Waals surface area contributed by atoms with Gasteiger partial charge in [-0.25, -0.2) is 28.1 Å². The van der Waals surface area contributed by atoms with Crippen LogP contribution in [0.4, 0.5) is 57.9 Å². The Kier molecular flexibility index (Phi) is 31.1. The molecule has 0 spiro atoms. The zero-order valence-corrected chi connectivity index (χ0v) is 80.7. The van der Waals surface area contributed by atoms with Gasteiger partial charge in [0.25, 0.3) is 0 Å². The molecule has 4 aromatic heterocycles. The van der Waals surface area contributed by atoms with E-state index in [2.05, 4.69) is 77.5 Å². The standard InChI is InChI=1S/C27H31ClF3N5O2.C26H29ClF3N5O2.C23H26ClFN6O2.C23H26ClFN6O/c1-17(21-7-5-18(28)12-22(21)27(29,30)31)36-16-33-23-8-6-19(13-25(23)36)34-10-11-35(20(14-34)15-37)26(38)24-4-2-3-9-32-24;1-16(20-6-4-17(27)11-21(20)26(28,29)30)35-15-32-22-7-5-18(12-24(22)35)33-9-10-34(19(13-33)14-36)25(37)23-3-2-8-31-23;1-14(18-4-2-15(24)10-19(18)25)31-22-11-16(3-5-20(22)27-28-31)29-8-9-30(17(12-29)13-32)23(33)21-6-7-26-21;1-15(18-6-4-16(24)13-19(18)25)31-22-14-17(5-7-20(22)27-28-31)29-9-11-30(12-10-29)23(32)21-3-2-8-26-21/h5-8,12-13,16-17,20,24,32,37H,2-4,9-11,14-15H2,1H3;4-7,11-12,15-16,19,23,31,36H,2-3,8-10,13-14H2,1H3;2-5,10-11,14,17,21,26,32H,6-9,12-13H2,1H3;4-7,13-15,21,26H,2-3,8-12H2,1H3/t17?,20-,24?;16?,19-,23?;14-,17?,21?;15-,21?/m0011/s1. The molecule has 0 radical (unpaired) electrons. The minimum atomic E-state index is -4.54. The third kappa shape index (κ3) is 21.8. The summed E-state index contributed by atoms with van der Waals surface area (Å²) < 4.78 is 119. The number of rotatable bonds is 19. The summed E-state index contributed by atoms with van der Waals surface area (Å²) in [6.07, 6.45) is 1.51. The zero-order chi connectivity index (χ0) is 98.7. The maximum absolute atomic E-state index is 14.5. The van der Waals surface area contributed by atoms with E-state index in [9.17, 15) is 69.6 Å². The summed E-state index contributed by atoms with van der Waals surface area (Å²) in [5, 5.41) is 60.9. The van der Waals surface area contributed by atoms with Crippen LogP contribution in [0.5, 0.6) is 0 Å². The molecule has 20 rings (SSSR count). The van der Waals surface area contributed by atoms with Gasteiger partial charge in [0.05, 0.1) is 143 Å². The van der Waals surface area contributed by atoms with E-state index < -0.39 is 35.6 Å². The molecule has 4 amide bonds. The van der Waals surface area contributed by atoms with Crippen LogP contribution in [0.2, 0.25) is 20.1 Å². The van der Waals surface area contributed by atoms with Crippen molar-refractivity contribution in [3.8, 4) is 0 Å². The van der Waals surface area contributed by atoms with Gasteiger partial charge in [-0.05, 0) is 231 Å².